The quantitative estimate of drug-likeness (QED) is 0.828. The van der Waals surface area contributed by atoms with Gasteiger partial charge in [-0.25, -0.2) is 4.79 Å². The van der Waals surface area contributed by atoms with Crippen LogP contribution in [0.1, 0.15) is 18.9 Å². The smallest absolute Gasteiger partial charge is 0.409 e. The van der Waals surface area contributed by atoms with Crippen LogP contribution in [0.2, 0.25) is 0 Å². The number of likely N-dealkylation sites (tertiary alicyclic amines) is 1. The van der Waals surface area contributed by atoms with Gasteiger partial charge in [-0.3, -0.25) is 4.90 Å². The van der Waals surface area contributed by atoms with E-state index < -0.39 is 0 Å². The van der Waals surface area contributed by atoms with E-state index in [0.717, 1.165) is 45.7 Å². The molecule has 2 aliphatic heterocycles. The monoisotopic (exact) mass is 331 g/mol. The zero-order valence-corrected chi connectivity index (χ0v) is 14.7. The Morgan fingerprint density at radius 2 is 1.88 bits per heavy atom. The van der Waals surface area contributed by atoms with Crippen LogP contribution in [0.25, 0.3) is 0 Å². The average molecular weight is 331 g/mol. The van der Waals surface area contributed by atoms with Crippen LogP contribution < -0.4 is 0 Å². The van der Waals surface area contributed by atoms with E-state index in [2.05, 4.69) is 40.1 Å². The molecule has 24 heavy (non-hydrogen) atoms. The molecule has 2 saturated heterocycles. The van der Waals surface area contributed by atoms with Crippen molar-refractivity contribution in [3.63, 3.8) is 0 Å². The fourth-order valence-electron chi connectivity index (χ4n) is 3.73. The molecule has 3 rings (SSSR count). The van der Waals surface area contributed by atoms with E-state index in [1.165, 1.54) is 18.5 Å². The Hall–Kier alpha value is -1.59. The van der Waals surface area contributed by atoms with Gasteiger partial charge in [0.2, 0.25) is 0 Å². The lowest BCUT2D eigenvalue weighted by molar-refractivity contribution is 0.0671. The minimum atomic E-state index is -0.159. The molecule has 0 radical (unpaired) electrons. The van der Waals surface area contributed by atoms with Gasteiger partial charge in [-0.05, 0) is 31.9 Å². The second-order valence-electron chi connectivity index (χ2n) is 6.70. The number of benzene rings is 1. The molecule has 1 atom stereocenters. The first-order valence-electron chi connectivity index (χ1n) is 9.18. The molecule has 0 aromatic heterocycles. The molecule has 1 unspecified atom stereocenters. The molecule has 5 heteroatoms. The summed E-state index contributed by atoms with van der Waals surface area (Å²) in [6.45, 7) is 9.32. The van der Waals surface area contributed by atoms with E-state index in [1.807, 2.05) is 11.8 Å². The predicted octanol–water partition coefficient (Wildman–Crippen LogP) is 2.08. The number of ether oxygens (including phenoxy) is 1. The molecule has 0 saturated carbocycles. The van der Waals surface area contributed by atoms with E-state index >= 15 is 0 Å². The van der Waals surface area contributed by atoms with Crippen LogP contribution in [-0.2, 0) is 11.2 Å². The topological polar surface area (TPSA) is 36.0 Å². The van der Waals surface area contributed by atoms with Crippen molar-refractivity contribution in [3.8, 4) is 0 Å². The summed E-state index contributed by atoms with van der Waals surface area (Å²) < 4.78 is 5.09. The van der Waals surface area contributed by atoms with Gasteiger partial charge in [0.25, 0.3) is 0 Å². The van der Waals surface area contributed by atoms with Gasteiger partial charge in [0.05, 0.1) is 6.61 Å². The first-order chi connectivity index (χ1) is 11.8. The summed E-state index contributed by atoms with van der Waals surface area (Å²) in [4.78, 5) is 18.7. The van der Waals surface area contributed by atoms with Crippen LogP contribution in [0.5, 0.6) is 0 Å². The Morgan fingerprint density at radius 3 is 2.58 bits per heavy atom. The molecule has 0 N–H and O–H groups in total. The maximum Gasteiger partial charge on any atom is 0.409 e. The summed E-state index contributed by atoms with van der Waals surface area (Å²) in [6.07, 6.45) is 2.21. The lowest BCUT2D eigenvalue weighted by Gasteiger charge is -2.37. The SMILES string of the molecule is CCOC(=O)N1CCN(C2CCN(CCc3ccccc3)C2)CC1. The van der Waals surface area contributed by atoms with E-state index in [1.54, 1.807) is 0 Å². The van der Waals surface area contributed by atoms with Crippen molar-refractivity contribution in [1.29, 1.82) is 0 Å². The van der Waals surface area contributed by atoms with Gasteiger partial charge in [0.1, 0.15) is 0 Å². The molecule has 0 bridgehead atoms. The summed E-state index contributed by atoms with van der Waals surface area (Å²) in [7, 11) is 0. The Kier molecular flexibility index (Phi) is 6.10. The molecule has 0 spiro atoms. The standard InChI is InChI=1S/C19H29N3O2/c1-2-24-19(23)22-14-12-21(13-15-22)18-9-11-20(16-18)10-8-17-6-4-3-5-7-17/h3-7,18H,2,8-16H2,1H3. The molecule has 1 amide bonds. The van der Waals surface area contributed by atoms with Gasteiger partial charge in [0, 0.05) is 45.3 Å². The summed E-state index contributed by atoms with van der Waals surface area (Å²) in [5, 5.41) is 0. The highest BCUT2D eigenvalue weighted by Gasteiger charge is 2.31. The molecule has 2 aliphatic rings. The first kappa shape index (κ1) is 17.2. The number of hydrogen-bond acceptors (Lipinski definition) is 4. The molecule has 2 fully saturated rings. The maximum absolute atomic E-state index is 11.8. The summed E-state index contributed by atoms with van der Waals surface area (Å²) in [6, 6.07) is 11.4. The molecule has 132 valence electrons. The number of carbonyl (C=O) groups excluding carboxylic acids is 1. The van der Waals surface area contributed by atoms with Crippen molar-refractivity contribution in [2.45, 2.75) is 25.8 Å². The minimum absolute atomic E-state index is 0.159. The summed E-state index contributed by atoms with van der Waals surface area (Å²) in [5.41, 5.74) is 1.42. The van der Waals surface area contributed by atoms with Crippen molar-refractivity contribution in [1.82, 2.24) is 14.7 Å². The van der Waals surface area contributed by atoms with Crippen molar-refractivity contribution in [2.75, 3.05) is 52.4 Å². The van der Waals surface area contributed by atoms with E-state index in [4.69, 9.17) is 4.74 Å². The third-order valence-electron chi connectivity index (χ3n) is 5.16. The van der Waals surface area contributed by atoms with Crippen molar-refractivity contribution in [3.05, 3.63) is 35.9 Å². The normalized spacial score (nSPS) is 22.7. The molecular weight excluding hydrogens is 302 g/mol. The largest absolute Gasteiger partial charge is 0.450 e. The summed E-state index contributed by atoms with van der Waals surface area (Å²) in [5.74, 6) is 0. The average Bonchev–Trinajstić information content (AvgIpc) is 3.10. The van der Waals surface area contributed by atoms with Crippen LogP contribution >= 0.6 is 0 Å². The van der Waals surface area contributed by atoms with Gasteiger partial charge >= 0.3 is 6.09 Å². The number of rotatable bonds is 5. The van der Waals surface area contributed by atoms with Crippen molar-refractivity contribution >= 4 is 6.09 Å². The fourth-order valence-corrected chi connectivity index (χ4v) is 3.73. The van der Waals surface area contributed by atoms with Crippen LogP contribution in [-0.4, -0.2) is 79.3 Å². The van der Waals surface area contributed by atoms with Crippen LogP contribution in [0.4, 0.5) is 4.79 Å². The minimum Gasteiger partial charge on any atom is -0.450 e. The second kappa shape index (κ2) is 8.49. The predicted molar refractivity (Wildman–Crippen MR) is 95.2 cm³/mol. The van der Waals surface area contributed by atoms with E-state index in [-0.39, 0.29) is 6.09 Å². The van der Waals surface area contributed by atoms with Crippen LogP contribution in [0.15, 0.2) is 30.3 Å². The highest BCUT2D eigenvalue weighted by Crippen LogP contribution is 2.18. The molecular formula is C19H29N3O2. The van der Waals surface area contributed by atoms with Gasteiger partial charge in [-0.1, -0.05) is 30.3 Å². The highest BCUT2D eigenvalue weighted by molar-refractivity contribution is 5.67. The Morgan fingerprint density at radius 1 is 1.12 bits per heavy atom. The Bertz CT molecular complexity index is 515. The highest BCUT2D eigenvalue weighted by atomic mass is 16.6. The summed E-state index contributed by atoms with van der Waals surface area (Å²) >= 11 is 0. The van der Waals surface area contributed by atoms with Crippen LogP contribution in [0, 0.1) is 0 Å². The number of nitrogens with zero attached hydrogens (tertiary/aromatic N) is 3. The zero-order valence-electron chi connectivity index (χ0n) is 14.7. The van der Waals surface area contributed by atoms with Crippen molar-refractivity contribution in [2.24, 2.45) is 0 Å². The second-order valence-corrected chi connectivity index (χ2v) is 6.70. The van der Waals surface area contributed by atoms with Crippen LogP contribution in [0.3, 0.4) is 0 Å². The Labute approximate surface area is 145 Å². The Balaban J connectivity index is 1.39. The van der Waals surface area contributed by atoms with E-state index in [9.17, 15) is 4.79 Å². The maximum atomic E-state index is 11.8. The lowest BCUT2D eigenvalue weighted by Crippen LogP contribution is -2.52. The lowest BCUT2D eigenvalue weighted by atomic mass is 10.1. The fraction of sp³-hybridized carbons (Fsp3) is 0.632. The molecule has 1 aromatic carbocycles. The van der Waals surface area contributed by atoms with Gasteiger partial charge < -0.3 is 14.5 Å². The number of hydrogen-bond donors (Lipinski definition) is 0. The molecule has 0 aliphatic carbocycles. The third kappa shape index (κ3) is 4.48. The number of piperazine rings is 1. The molecule has 5 nitrogen and oxygen atoms in total. The zero-order chi connectivity index (χ0) is 16.8. The third-order valence-corrected chi connectivity index (χ3v) is 5.16. The number of carbonyl (C=O) groups is 1. The van der Waals surface area contributed by atoms with Gasteiger partial charge in [-0.2, -0.15) is 0 Å². The molecule has 2 heterocycles. The number of amides is 1. The van der Waals surface area contributed by atoms with Gasteiger partial charge in [0.15, 0.2) is 0 Å². The molecule has 1 aromatic rings. The first-order valence-corrected chi connectivity index (χ1v) is 9.18. The van der Waals surface area contributed by atoms with Gasteiger partial charge in [-0.15, -0.1) is 0 Å². The van der Waals surface area contributed by atoms with E-state index in [0.29, 0.717) is 12.6 Å². The van der Waals surface area contributed by atoms with Crippen molar-refractivity contribution < 1.29 is 9.53 Å².